The molecular weight excluding hydrogens is 331 g/mol. The third kappa shape index (κ3) is 6.56. The second-order valence-corrected chi connectivity index (χ2v) is 6.03. The van der Waals surface area contributed by atoms with Gasteiger partial charge in [0.2, 0.25) is 0 Å². The average Bonchev–Trinajstić information content (AvgIpc) is 2.56. The van der Waals surface area contributed by atoms with E-state index < -0.39 is 0 Å². The van der Waals surface area contributed by atoms with Crippen LogP contribution in [0.5, 0.6) is 5.75 Å². The normalized spacial score (nSPS) is 11.8. The number of amides is 1. The molecule has 2 aromatic carbocycles. The molecule has 2 N–H and O–H groups in total. The van der Waals surface area contributed by atoms with E-state index in [9.17, 15) is 9.18 Å². The number of carbonyl (C=O) groups is 1. The van der Waals surface area contributed by atoms with E-state index in [-0.39, 0.29) is 11.7 Å². The minimum Gasteiger partial charge on any atom is -0.488 e. The first-order valence-electron chi connectivity index (χ1n) is 7.74. The zero-order valence-corrected chi connectivity index (χ0v) is 14.3. The summed E-state index contributed by atoms with van der Waals surface area (Å²) in [6.07, 6.45) is 0. The van der Waals surface area contributed by atoms with Crippen LogP contribution in [0.15, 0.2) is 48.5 Å². The number of carbonyl (C=O) groups excluding carboxylic acids is 1. The summed E-state index contributed by atoms with van der Waals surface area (Å²) in [6, 6.07) is 13.3. The molecule has 0 saturated heterocycles. The average molecular weight is 352 g/mol. The standard InChI is InChI=1S/C18H20ClFN2O2/c1-22(10-11-24-17-8-6-16(20)7-9-17)13-18(23)21-12-14-2-4-15(19)5-3-14/h2-9H,10-13H2,1H3,(H,21,23)/p+1. The minimum atomic E-state index is -0.289. The number of nitrogens with one attached hydrogen (secondary N) is 2. The van der Waals surface area contributed by atoms with Crippen LogP contribution in [0.25, 0.3) is 0 Å². The Labute approximate surface area is 146 Å². The molecule has 0 heterocycles. The second-order valence-electron chi connectivity index (χ2n) is 5.59. The largest absolute Gasteiger partial charge is 0.488 e. The fraction of sp³-hybridized carbons (Fsp3) is 0.278. The van der Waals surface area contributed by atoms with Crippen LogP contribution in [0.3, 0.4) is 0 Å². The molecular formula is C18H21ClFN2O2+. The summed E-state index contributed by atoms with van der Waals surface area (Å²) in [6.45, 7) is 1.98. The van der Waals surface area contributed by atoms with Crippen LogP contribution in [-0.2, 0) is 11.3 Å². The van der Waals surface area contributed by atoms with E-state index in [1.54, 1.807) is 24.3 Å². The van der Waals surface area contributed by atoms with Gasteiger partial charge < -0.3 is 15.0 Å². The van der Waals surface area contributed by atoms with E-state index in [0.717, 1.165) is 10.5 Å². The third-order valence-corrected chi connectivity index (χ3v) is 3.73. The molecule has 0 aromatic heterocycles. The lowest BCUT2D eigenvalue weighted by molar-refractivity contribution is -0.871. The van der Waals surface area contributed by atoms with Gasteiger partial charge in [0.15, 0.2) is 6.54 Å². The van der Waals surface area contributed by atoms with Crippen molar-refractivity contribution in [2.24, 2.45) is 0 Å². The van der Waals surface area contributed by atoms with Gasteiger partial charge in [0.05, 0.1) is 7.05 Å². The van der Waals surface area contributed by atoms with Crippen LogP contribution in [0.2, 0.25) is 5.02 Å². The molecule has 0 aliphatic heterocycles. The van der Waals surface area contributed by atoms with Crippen LogP contribution in [0.1, 0.15) is 5.56 Å². The summed E-state index contributed by atoms with van der Waals surface area (Å²) in [5.74, 6) is 0.308. The highest BCUT2D eigenvalue weighted by Crippen LogP contribution is 2.10. The molecule has 6 heteroatoms. The molecule has 0 bridgehead atoms. The molecule has 1 atom stereocenters. The maximum absolute atomic E-state index is 12.8. The number of hydrogen-bond donors (Lipinski definition) is 2. The number of rotatable bonds is 8. The molecule has 0 aliphatic carbocycles. The molecule has 0 spiro atoms. The smallest absolute Gasteiger partial charge is 0.275 e. The van der Waals surface area contributed by atoms with Crippen LogP contribution in [0.4, 0.5) is 4.39 Å². The van der Waals surface area contributed by atoms with Gasteiger partial charge in [-0.3, -0.25) is 4.79 Å². The molecule has 2 aromatic rings. The first kappa shape index (κ1) is 18.2. The molecule has 0 aliphatic rings. The Morgan fingerprint density at radius 2 is 1.83 bits per heavy atom. The summed E-state index contributed by atoms with van der Waals surface area (Å²) >= 11 is 5.82. The van der Waals surface area contributed by atoms with Gasteiger partial charge in [-0.1, -0.05) is 23.7 Å². The topological polar surface area (TPSA) is 42.8 Å². The molecule has 1 amide bonds. The molecule has 0 fully saturated rings. The summed E-state index contributed by atoms with van der Waals surface area (Å²) in [4.78, 5) is 13.0. The molecule has 2 rings (SSSR count). The Hall–Kier alpha value is -2.11. The molecule has 4 nitrogen and oxygen atoms in total. The van der Waals surface area contributed by atoms with Crippen molar-refractivity contribution in [3.63, 3.8) is 0 Å². The van der Waals surface area contributed by atoms with E-state index in [1.165, 1.54) is 12.1 Å². The fourth-order valence-electron chi connectivity index (χ4n) is 2.10. The number of ether oxygens (including phenoxy) is 1. The van der Waals surface area contributed by atoms with E-state index in [2.05, 4.69) is 5.32 Å². The van der Waals surface area contributed by atoms with Gasteiger partial charge in [-0.05, 0) is 42.0 Å². The van der Waals surface area contributed by atoms with Crippen molar-refractivity contribution in [2.75, 3.05) is 26.7 Å². The van der Waals surface area contributed by atoms with Gasteiger partial charge in [-0.25, -0.2) is 4.39 Å². The lowest BCUT2D eigenvalue weighted by Gasteiger charge is -2.14. The van der Waals surface area contributed by atoms with Gasteiger partial charge in [0.1, 0.15) is 24.7 Å². The first-order chi connectivity index (χ1) is 11.5. The second kappa shape index (κ2) is 9.25. The molecule has 1 unspecified atom stereocenters. The SMILES string of the molecule is C[NH+](CCOc1ccc(F)cc1)CC(=O)NCc1ccc(Cl)cc1. The van der Waals surface area contributed by atoms with Crippen molar-refractivity contribution >= 4 is 17.5 Å². The summed E-state index contributed by atoms with van der Waals surface area (Å²) in [7, 11) is 1.93. The minimum absolute atomic E-state index is 0.0239. The van der Waals surface area contributed by atoms with E-state index in [0.29, 0.717) is 37.0 Å². The van der Waals surface area contributed by atoms with E-state index in [4.69, 9.17) is 16.3 Å². The molecule has 0 radical (unpaired) electrons. The van der Waals surface area contributed by atoms with Gasteiger partial charge in [0, 0.05) is 11.6 Å². The van der Waals surface area contributed by atoms with Gasteiger partial charge in [-0.15, -0.1) is 0 Å². The first-order valence-corrected chi connectivity index (χ1v) is 8.11. The quantitative estimate of drug-likeness (QED) is 0.760. The third-order valence-electron chi connectivity index (χ3n) is 3.48. The Morgan fingerprint density at radius 3 is 2.50 bits per heavy atom. The lowest BCUT2D eigenvalue weighted by Crippen LogP contribution is -3.10. The van der Waals surface area contributed by atoms with Crippen molar-refractivity contribution in [1.82, 2.24) is 5.32 Å². The van der Waals surface area contributed by atoms with Crippen molar-refractivity contribution in [3.05, 3.63) is 64.9 Å². The van der Waals surface area contributed by atoms with Gasteiger partial charge in [0.25, 0.3) is 5.91 Å². The Balaban J connectivity index is 1.64. The zero-order valence-electron chi connectivity index (χ0n) is 13.5. The highest BCUT2D eigenvalue weighted by molar-refractivity contribution is 6.30. The van der Waals surface area contributed by atoms with Gasteiger partial charge >= 0.3 is 0 Å². The number of halogens is 2. The van der Waals surface area contributed by atoms with Crippen LogP contribution in [-0.4, -0.2) is 32.7 Å². The molecule has 0 saturated carbocycles. The predicted molar refractivity (Wildman–Crippen MR) is 91.8 cm³/mol. The zero-order chi connectivity index (χ0) is 17.4. The number of hydrogen-bond acceptors (Lipinski definition) is 2. The van der Waals surface area contributed by atoms with Crippen molar-refractivity contribution in [3.8, 4) is 5.75 Å². The number of quaternary nitrogens is 1. The van der Waals surface area contributed by atoms with Gasteiger partial charge in [-0.2, -0.15) is 0 Å². The number of benzene rings is 2. The van der Waals surface area contributed by atoms with Crippen molar-refractivity contribution in [2.45, 2.75) is 6.54 Å². The highest BCUT2D eigenvalue weighted by atomic mass is 35.5. The van der Waals surface area contributed by atoms with Crippen molar-refractivity contribution < 1.29 is 18.8 Å². The predicted octanol–water partition coefficient (Wildman–Crippen LogP) is 1.69. The Morgan fingerprint density at radius 1 is 1.17 bits per heavy atom. The van der Waals surface area contributed by atoms with E-state index in [1.807, 2.05) is 19.2 Å². The number of likely N-dealkylation sites (N-methyl/N-ethyl adjacent to an activating group) is 1. The monoisotopic (exact) mass is 351 g/mol. The highest BCUT2D eigenvalue weighted by Gasteiger charge is 2.09. The lowest BCUT2D eigenvalue weighted by atomic mass is 10.2. The Bertz CT molecular complexity index is 647. The Kier molecular flexibility index (Phi) is 7.03. The van der Waals surface area contributed by atoms with Crippen LogP contribution in [0, 0.1) is 5.82 Å². The van der Waals surface area contributed by atoms with Crippen LogP contribution >= 0.6 is 11.6 Å². The summed E-state index contributed by atoms with van der Waals surface area (Å²) < 4.78 is 18.3. The van der Waals surface area contributed by atoms with Crippen molar-refractivity contribution in [1.29, 1.82) is 0 Å². The summed E-state index contributed by atoms with van der Waals surface area (Å²) in [5, 5.41) is 3.55. The fourth-order valence-corrected chi connectivity index (χ4v) is 2.23. The molecule has 24 heavy (non-hydrogen) atoms. The maximum atomic E-state index is 12.8. The molecule has 128 valence electrons. The van der Waals surface area contributed by atoms with E-state index >= 15 is 0 Å². The van der Waals surface area contributed by atoms with Crippen LogP contribution < -0.4 is 15.0 Å². The maximum Gasteiger partial charge on any atom is 0.275 e. The summed E-state index contributed by atoms with van der Waals surface area (Å²) in [5.41, 5.74) is 1.00.